The number of hydrogen-bond acceptors (Lipinski definition) is 6. The van der Waals surface area contributed by atoms with Gasteiger partial charge in [-0.05, 0) is 79.6 Å². The smallest absolute Gasteiger partial charge is 0.314 e. The number of hydrogen-bond donors (Lipinski definition) is 0. The zero-order valence-corrected chi connectivity index (χ0v) is 20.4. The van der Waals surface area contributed by atoms with E-state index in [1.54, 1.807) is 41.5 Å². The molecule has 6 nitrogen and oxygen atoms in total. The van der Waals surface area contributed by atoms with E-state index >= 15 is 0 Å². The molecule has 32 heavy (non-hydrogen) atoms. The first-order chi connectivity index (χ1) is 14.8. The van der Waals surface area contributed by atoms with Crippen molar-refractivity contribution in [3.05, 3.63) is 24.3 Å². The zero-order valence-electron chi connectivity index (χ0n) is 20.4. The van der Waals surface area contributed by atoms with Crippen LogP contribution in [-0.4, -0.2) is 34.7 Å². The molecule has 2 aliphatic carbocycles. The molecule has 0 saturated heterocycles. The molecule has 2 rings (SSSR count). The van der Waals surface area contributed by atoms with Crippen LogP contribution in [-0.2, 0) is 28.7 Å². The van der Waals surface area contributed by atoms with Crippen LogP contribution < -0.4 is 0 Å². The molecule has 0 heterocycles. The minimum atomic E-state index is -1.46. The van der Waals surface area contributed by atoms with Crippen molar-refractivity contribution in [2.75, 3.05) is 0 Å². The Morgan fingerprint density at radius 1 is 0.906 bits per heavy atom. The summed E-state index contributed by atoms with van der Waals surface area (Å²) >= 11 is 0. The minimum Gasteiger partial charge on any atom is -0.460 e. The standard InChI is InChI=1S/C26H38O6/c1-24(2,3)31-22(29)19-15-12-16-20(27)21(28)17-26(19,23(30)32-25(4,5)6)18-13-10-8-7-9-11-14-18/h7-10,18-19H,11-17H2,1-6H3. The number of ketones is 2. The van der Waals surface area contributed by atoms with Gasteiger partial charge in [-0.2, -0.15) is 0 Å². The SMILES string of the molecule is CC(C)(C)OC(=O)C1CCCC(=O)C(=O)CC1(C(=O)OC(C)(C)C)C1CC=CC=CCC1. The van der Waals surface area contributed by atoms with Gasteiger partial charge in [0, 0.05) is 12.8 Å². The summed E-state index contributed by atoms with van der Waals surface area (Å²) in [5, 5.41) is 0. The van der Waals surface area contributed by atoms with Crippen LogP contribution in [0.15, 0.2) is 24.3 Å². The monoisotopic (exact) mass is 446 g/mol. The van der Waals surface area contributed by atoms with Crippen LogP contribution in [0, 0.1) is 17.3 Å². The van der Waals surface area contributed by atoms with Crippen LogP contribution in [0.2, 0.25) is 0 Å². The number of ether oxygens (including phenoxy) is 2. The van der Waals surface area contributed by atoms with E-state index in [4.69, 9.17) is 9.47 Å². The molecular formula is C26H38O6. The van der Waals surface area contributed by atoms with E-state index in [2.05, 4.69) is 0 Å². The molecule has 3 atom stereocenters. The van der Waals surface area contributed by atoms with Crippen molar-refractivity contribution in [1.29, 1.82) is 0 Å². The fourth-order valence-electron chi connectivity index (χ4n) is 4.61. The average molecular weight is 447 g/mol. The zero-order chi connectivity index (χ0) is 24.2. The van der Waals surface area contributed by atoms with E-state index in [9.17, 15) is 19.2 Å². The molecule has 0 aromatic rings. The molecule has 178 valence electrons. The molecule has 1 fully saturated rings. The first kappa shape index (κ1) is 26.0. The number of Topliss-reactive ketones (excluding diaryl/α,β-unsaturated/α-hetero) is 2. The van der Waals surface area contributed by atoms with Crippen LogP contribution in [0.5, 0.6) is 0 Å². The molecule has 6 heteroatoms. The maximum Gasteiger partial charge on any atom is 0.314 e. The predicted octanol–water partition coefficient (Wildman–Crippen LogP) is 4.90. The van der Waals surface area contributed by atoms with Crippen molar-refractivity contribution in [3.8, 4) is 0 Å². The fraction of sp³-hybridized carbons (Fsp3) is 0.692. The van der Waals surface area contributed by atoms with E-state index in [1.807, 2.05) is 24.3 Å². The lowest BCUT2D eigenvalue weighted by Gasteiger charge is -2.45. The van der Waals surface area contributed by atoms with Crippen LogP contribution >= 0.6 is 0 Å². The third kappa shape index (κ3) is 6.63. The molecule has 0 aromatic carbocycles. The highest BCUT2D eigenvalue weighted by molar-refractivity contribution is 6.37. The Morgan fingerprint density at radius 3 is 2.16 bits per heavy atom. The Morgan fingerprint density at radius 2 is 1.53 bits per heavy atom. The second-order valence-electron chi connectivity index (χ2n) is 10.9. The van der Waals surface area contributed by atoms with Gasteiger partial charge in [0.2, 0.25) is 0 Å². The Hall–Kier alpha value is -2.24. The molecule has 0 bridgehead atoms. The normalized spacial score (nSPS) is 27.7. The van der Waals surface area contributed by atoms with E-state index < -0.39 is 46.0 Å². The van der Waals surface area contributed by atoms with Crippen molar-refractivity contribution in [1.82, 2.24) is 0 Å². The third-order valence-corrected chi connectivity index (χ3v) is 5.97. The first-order valence-corrected chi connectivity index (χ1v) is 11.6. The van der Waals surface area contributed by atoms with Gasteiger partial charge in [-0.15, -0.1) is 0 Å². The molecule has 0 spiro atoms. The van der Waals surface area contributed by atoms with Gasteiger partial charge in [-0.25, -0.2) is 0 Å². The molecule has 2 aliphatic rings. The Balaban J connectivity index is 2.67. The van der Waals surface area contributed by atoms with Gasteiger partial charge >= 0.3 is 11.9 Å². The largest absolute Gasteiger partial charge is 0.460 e. The Bertz CT molecular complexity index is 792. The van der Waals surface area contributed by atoms with E-state index in [0.29, 0.717) is 32.1 Å². The van der Waals surface area contributed by atoms with Crippen molar-refractivity contribution in [3.63, 3.8) is 0 Å². The second-order valence-corrected chi connectivity index (χ2v) is 10.9. The number of esters is 2. The first-order valence-electron chi connectivity index (χ1n) is 11.6. The van der Waals surface area contributed by atoms with Gasteiger partial charge < -0.3 is 9.47 Å². The summed E-state index contributed by atoms with van der Waals surface area (Å²) in [6, 6.07) is 0. The summed E-state index contributed by atoms with van der Waals surface area (Å²) in [7, 11) is 0. The average Bonchev–Trinajstić information content (AvgIpc) is 2.59. The Kier molecular flexibility index (Phi) is 8.24. The molecule has 0 aromatic heterocycles. The van der Waals surface area contributed by atoms with Crippen LogP contribution in [0.1, 0.15) is 86.5 Å². The highest BCUT2D eigenvalue weighted by Gasteiger charge is 2.58. The lowest BCUT2D eigenvalue weighted by molar-refractivity contribution is -0.190. The van der Waals surface area contributed by atoms with E-state index in [0.717, 1.165) is 0 Å². The second kappa shape index (κ2) is 10.1. The summed E-state index contributed by atoms with van der Waals surface area (Å²) in [6.45, 7) is 10.6. The summed E-state index contributed by atoms with van der Waals surface area (Å²) in [6.07, 6.45) is 10.0. The van der Waals surface area contributed by atoms with Gasteiger partial charge in [-0.3, -0.25) is 19.2 Å². The summed E-state index contributed by atoms with van der Waals surface area (Å²) < 4.78 is 11.6. The summed E-state index contributed by atoms with van der Waals surface area (Å²) in [5.41, 5.74) is -3.02. The Labute approximate surface area is 191 Å². The number of carbonyl (C=O) groups excluding carboxylic acids is 4. The number of allylic oxidation sites excluding steroid dienone is 4. The maximum absolute atomic E-state index is 13.9. The van der Waals surface area contributed by atoms with Crippen LogP contribution in [0.3, 0.4) is 0 Å². The molecular weight excluding hydrogens is 408 g/mol. The predicted molar refractivity (Wildman–Crippen MR) is 122 cm³/mol. The minimum absolute atomic E-state index is 0.0792. The number of rotatable bonds is 3. The summed E-state index contributed by atoms with van der Waals surface area (Å²) in [4.78, 5) is 52.8. The van der Waals surface area contributed by atoms with Crippen LogP contribution in [0.4, 0.5) is 0 Å². The highest BCUT2D eigenvalue weighted by atomic mass is 16.6. The lowest BCUT2D eigenvalue weighted by atomic mass is 9.58. The number of carbonyl (C=O) groups is 4. The van der Waals surface area contributed by atoms with Crippen molar-refractivity contribution in [2.45, 2.75) is 97.7 Å². The summed E-state index contributed by atoms with van der Waals surface area (Å²) in [5.74, 6) is -3.40. The van der Waals surface area contributed by atoms with Crippen LogP contribution in [0.25, 0.3) is 0 Å². The third-order valence-electron chi connectivity index (χ3n) is 5.97. The molecule has 0 aliphatic heterocycles. The molecule has 3 unspecified atom stereocenters. The highest BCUT2D eigenvalue weighted by Crippen LogP contribution is 2.50. The quantitative estimate of drug-likeness (QED) is 0.453. The molecule has 0 N–H and O–H groups in total. The molecule has 0 radical (unpaired) electrons. The van der Waals surface area contributed by atoms with Gasteiger partial charge in [0.05, 0.1) is 11.3 Å². The van der Waals surface area contributed by atoms with Gasteiger partial charge in [0.25, 0.3) is 0 Å². The lowest BCUT2D eigenvalue weighted by Crippen LogP contribution is -2.54. The van der Waals surface area contributed by atoms with Gasteiger partial charge in [0.15, 0.2) is 11.6 Å². The molecule has 1 saturated carbocycles. The van der Waals surface area contributed by atoms with Crippen molar-refractivity contribution >= 4 is 23.5 Å². The topological polar surface area (TPSA) is 86.7 Å². The maximum atomic E-state index is 13.9. The van der Waals surface area contributed by atoms with Crippen molar-refractivity contribution in [2.24, 2.45) is 17.3 Å². The van der Waals surface area contributed by atoms with Gasteiger partial charge in [0.1, 0.15) is 11.2 Å². The fourth-order valence-corrected chi connectivity index (χ4v) is 4.61. The van der Waals surface area contributed by atoms with E-state index in [1.165, 1.54) is 0 Å². The molecule has 0 amide bonds. The van der Waals surface area contributed by atoms with Crippen molar-refractivity contribution < 1.29 is 28.7 Å². The van der Waals surface area contributed by atoms with Gasteiger partial charge in [-0.1, -0.05) is 24.3 Å². The van der Waals surface area contributed by atoms with E-state index in [-0.39, 0.29) is 18.8 Å².